The van der Waals surface area contributed by atoms with Gasteiger partial charge in [0, 0.05) is 31.2 Å². The van der Waals surface area contributed by atoms with Crippen LogP contribution in [0, 0.1) is 0 Å². The Bertz CT molecular complexity index is 1190. The SMILES string of the molecule is O=S(=O)(O)C(c1cccc(O)c1)(c1ccc(O)cc1Cl)c1c(Cl)cc(Cl)cc1Cl. The van der Waals surface area contributed by atoms with E-state index < -0.39 is 14.9 Å². The van der Waals surface area contributed by atoms with E-state index in [0.29, 0.717) is 0 Å². The standard InChI is InChI=1S/C19H12Cl4O5S/c20-11-7-16(22)18(17(23)8-11)19(29(26,27)28,10-2-1-3-12(24)6-10)14-5-4-13(25)9-15(14)21/h1-9,24-25H,(H,26,27,28). The lowest BCUT2D eigenvalue weighted by molar-refractivity contribution is 0.455. The number of phenols is 2. The fourth-order valence-electron chi connectivity index (χ4n) is 3.24. The second-order valence-corrected chi connectivity index (χ2v) is 9.34. The summed E-state index contributed by atoms with van der Waals surface area (Å²) in [5.41, 5.74) is -0.444. The fraction of sp³-hybridized carbons (Fsp3) is 0.0526. The number of aromatic hydroxyl groups is 2. The molecule has 3 aromatic rings. The molecule has 0 bridgehead atoms. The van der Waals surface area contributed by atoms with E-state index in [4.69, 9.17) is 46.4 Å². The molecule has 0 spiro atoms. The highest BCUT2D eigenvalue weighted by molar-refractivity contribution is 7.87. The van der Waals surface area contributed by atoms with Crippen molar-refractivity contribution in [1.82, 2.24) is 0 Å². The molecule has 3 aromatic carbocycles. The third-order valence-corrected chi connectivity index (χ3v) is 6.89. The Morgan fingerprint density at radius 2 is 1.34 bits per heavy atom. The van der Waals surface area contributed by atoms with E-state index in [2.05, 4.69) is 0 Å². The first-order valence-electron chi connectivity index (χ1n) is 7.89. The first-order valence-corrected chi connectivity index (χ1v) is 10.8. The van der Waals surface area contributed by atoms with Gasteiger partial charge in [0.2, 0.25) is 0 Å². The van der Waals surface area contributed by atoms with Crippen molar-refractivity contribution in [2.75, 3.05) is 0 Å². The average Bonchev–Trinajstić information content (AvgIpc) is 2.57. The summed E-state index contributed by atoms with van der Waals surface area (Å²) >= 11 is 25.0. The summed E-state index contributed by atoms with van der Waals surface area (Å²) < 4.78 is 34.1. The Hall–Kier alpha value is -1.67. The largest absolute Gasteiger partial charge is 0.508 e. The van der Waals surface area contributed by atoms with Crippen LogP contribution in [0.4, 0.5) is 0 Å². The highest BCUT2D eigenvalue weighted by Crippen LogP contribution is 2.52. The zero-order valence-corrected chi connectivity index (χ0v) is 18.1. The monoisotopic (exact) mass is 492 g/mol. The Balaban J connectivity index is 2.63. The molecule has 0 aliphatic carbocycles. The molecule has 0 aromatic heterocycles. The van der Waals surface area contributed by atoms with Gasteiger partial charge in [-0.1, -0.05) is 64.6 Å². The van der Waals surface area contributed by atoms with E-state index in [1.165, 1.54) is 42.5 Å². The molecule has 0 saturated heterocycles. The second-order valence-electron chi connectivity index (χ2n) is 6.12. The Labute approximate surface area is 186 Å². The van der Waals surface area contributed by atoms with Crippen LogP contribution >= 0.6 is 46.4 Å². The smallest absolute Gasteiger partial charge is 0.283 e. The van der Waals surface area contributed by atoms with E-state index in [9.17, 15) is 23.2 Å². The highest BCUT2D eigenvalue weighted by atomic mass is 35.5. The highest BCUT2D eigenvalue weighted by Gasteiger charge is 2.52. The van der Waals surface area contributed by atoms with Crippen molar-refractivity contribution < 1.29 is 23.2 Å². The Kier molecular flexibility index (Phi) is 5.98. The minimum atomic E-state index is -5.08. The van der Waals surface area contributed by atoms with Crippen molar-refractivity contribution in [3.63, 3.8) is 0 Å². The van der Waals surface area contributed by atoms with Gasteiger partial charge >= 0.3 is 0 Å². The van der Waals surface area contributed by atoms with Crippen LogP contribution < -0.4 is 0 Å². The summed E-state index contributed by atoms with van der Waals surface area (Å²) in [5.74, 6) is -0.501. The molecule has 1 unspecified atom stereocenters. The van der Waals surface area contributed by atoms with Crippen LogP contribution in [0.2, 0.25) is 20.1 Å². The zero-order valence-electron chi connectivity index (χ0n) is 14.3. The number of benzene rings is 3. The summed E-state index contributed by atoms with van der Waals surface area (Å²) in [6.07, 6.45) is 0. The molecule has 3 rings (SSSR count). The molecule has 3 N–H and O–H groups in total. The third-order valence-electron chi connectivity index (χ3n) is 4.33. The molecule has 1 atom stereocenters. The predicted octanol–water partition coefficient (Wildman–Crippen LogP) is 5.89. The van der Waals surface area contributed by atoms with Crippen molar-refractivity contribution in [1.29, 1.82) is 0 Å². The number of halogens is 4. The van der Waals surface area contributed by atoms with Gasteiger partial charge in [0.25, 0.3) is 10.1 Å². The molecule has 29 heavy (non-hydrogen) atoms. The molecule has 0 amide bonds. The van der Waals surface area contributed by atoms with E-state index in [1.807, 2.05) is 0 Å². The molecule has 0 radical (unpaired) electrons. The topological polar surface area (TPSA) is 94.8 Å². The van der Waals surface area contributed by atoms with Gasteiger partial charge in [0.15, 0.2) is 4.75 Å². The van der Waals surface area contributed by atoms with Crippen molar-refractivity contribution in [2.24, 2.45) is 0 Å². The summed E-state index contributed by atoms with van der Waals surface area (Å²) in [7, 11) is -5.08. The van der Waals surface area contributed by atoms with Gasteiger partial charge in [-0.05, 0) is 42.0 Å². The number of hydrogen-bond donors (Lipinski definition) is 3. The molecule has 0 saturated carbocycles. The zero-order chi connectivity index (χ0) is 21.6. The maximum Gasteiger partial charge on any atom is 0.283 e. The van der Waals surface area contributed by atoms with Crippen LogP contribution in [0.25, 0.3) is 0 Å². The van der Waals surface area contributed by atoms with Crippen molar-refractivity contribution in [3.8, 4) is 11.5 Å². The number of phenolic OH excluding ortho intramolecular Hbond substituents is 2. The van der Waals surface area contributed by atoms with Gasteiger partial charge in [0.05, 0.1) is 0 Å². The van der Waals surface area contributed by atoms with Gasteiger partial charge in [-0.3, -0.25) is 4.55 Å². The van der Waals surface area contributed by atoms with Crippen molar-refractivity contribution in [2.45, 2.75) is 4.75 Å². The van der Waals surface area contributed by atoms with Crippen LogP contribution in [0.3, 0.4) is 0 Å². The van der Waals surface area contributed by atoms with E-state index in [0.717, 1.165) is 12.1 Å². The molecule has 0 aliphatic heterocycles. The molecule has 10 heteroatoms. The normalized spacial score (nSPS) is 13.8. The summed E-state index contributed by atoms with van der Waals surface area (Å²) in [5, 5.41) is 19.4. The molecule has 0 fully saturated rings. The molecular weight excluding hydrogens is 482 g/mol. The van der Waals surface area contributed by atoms with E-state index >= 15 is 0 Å². The molecule has 0 aliphatic rings. The molecule has 152 valence electrons. The Morgan fingerprint density at radius 1 is 0.759 bits per heavy atom. The van der Waals surface area contributed by atoms with E-state index in [1.54, 1.807) is 0 Å². The van der Waals surface area contributed by atoms with Crippen molar-refractivity contribution in [3.05, 3.63) is 91.4 Å². The second kappa shape index (κ2) is 7.87. The maximum absolute atomic E-state index is 13.0. The van der Waals surface area contributed by atoms with Gasteiger partial charge < -0.3 is 10.2 Å². The minimum Gasteiger partial charge on any atom is -0.508 e. The van der Waals surface area contributed by atoms with Crippen molar-refractivity contribution >= 4 is 56.5 Å². The number of hydrogen-bond acceptors (Lipinski definition) is 4. The quantitative estimate of drug-likeness (QED) is 0.311. The molecule has 5 nitrogen and oxygen atoms in total. The van der Waals surface area contributed by atoms with Crippen LogP contribution in [0.15, 0.2) is 54.6 Å². The van der Waals surface area contributed by atoms with Crippen LogP contribution in [-0.4, -0.2) is 23.2 Å². The maximum atomic E-state index is 13.0. The average molecular weight is 494 g/mol. The first kappa shape index (κ1) is 22.0. The lowest BCUT2D eigenvalue weighted by Gasteiger charge is -2.34. The third kappa shape index (κ3) is 3.77. The van der Waals surface area contributed by atoms with Gasteiger partial charge in [-0.15, -0.1) is 0 Å². The lowest BCUT2D eigenvalue weighted by Crippen LogP contribution is -2.39. The fourth-order valence-corrected chi connectivity index (χ4v) is 6.19. The van der Waals surface area contributed by atoms with Gasteiger partial charge in [0.1, 0.15) is 11.5 Å². The first-order chi connectivity index (χ1) is 13.5. The van der Waals surface area contributed by atoms with Gasteiger partial charge in [-0.2, -0.15) is 8.42 Å². The van der Waals surface area contributed by atoms with Crippen LogP contribution in [-0.2, 0) is 14.9 Å². The minimum absolute atomic E-state index is 0.0845. The summed E-state index contributed by atoms with van der Waals surface area (Å²) in [6.45, 7) is 0. The van der Waals surface area contributed by atoms with Gasteiger partial charge in [-0.25, -0.2) is 0 Å². The molecule has 0 heterocycles. The number of rotatable bonds is 4. The van der Waals surface area contributed by atoms with Crippen LogP contribution in [0.5, 0.6) is 11.5 Å². The van der Waals surface area contributed by atoms with Crippen LogP contribution in [0.1, 0.15) is 16.7 Å². The predicted molar refractivity (Wildman–Crippen MR) is 114 cm³/mol. The molecular formula is C19H12Cl4O5S. The van der Waals surface area contributed by atoms with E-state index in [-0.39, 0.29) is 48.3 Å². The summed E-state index contributed by atoms with van der Waals surface area (Å²) in [4.78, 5) is 0. The summed E-state index contributed by atoms with van der Waals surface area (Å²) in [6, 6.07) is 11.3. The Morgan fingerprint density at radius 3 is 1.86 bits per heavy atom. The lowest BCUT2D eigenvalue weighted by atomic mass is 9.83.